The summed E-state index contributed by atoms with van der Waals surface area (Å²) in [4.78, 5) is 4.38. The molecule has 0 radical (unpaired) electrons. The highest BCUT2D eigenvalue weighted by Gasteiger charge is 2.00. The standard InChI is InChI=1S/C16H13NO2/c1-18-13-9-6-12(7-10-13)8-11-16-17-14-4-2-3-5-15(14)19-16/h2-11H,1H3/b11-8+. The van der Waals surface area contributed by atoms with Crippen LogP contribution in [0.15, 0.2) is 52.9 Å². The summed E-state index contributed by atoms with van der Waals surface area (Å²) < 4.78 is 10.7. The van der Waals surface area contributed by atoms with E-state index in [0.29, 0.717) is 5.89 Å². The van der Waals surface area contributed by atoms with Crippen molar-refractivity contribution in [1.82, 2.24) is 4.98 Å². The number of nitrogens with zero attached hydrogens (tertiary/aromatic N) is 1. The van der Waals surface area contributed by atoms with Crippen molar-refractivity contribution in [1.29, 1.82) is 0 Å². The summed E-state index contributed by atoms with van der Waals surface area (Å²) in [5, 5.41) is 0. The van der Waals surface area contributed by atoms with Gasteiger partial charge < -0.3 is 9.15 Å². The van der Waals surface area contributed by atoms with E-state index in [2.05, 4.69) is 4.98 Å². The molecule has 3 heteroatoms. The molecular formula is C16H13NO2. The molecule has 0 aliphatic carbocycles. The van der Waals surface area contributed by atoms with Crippen LogP contribution in [0.1, 0.15) is 11.5 Å². The van der Waals surface area contributed by atoms with E-state index in [4.69, 9.17) is 9.15 Å². The Labute approximate surface area is 111 Å². The quantitative estimate of drug-likeness (QED) is 0.705. The Morgan fingerprint density at radius 1 is 1.00 bits per heavy atom. The minimum absolute atomic E-state index is 0.608. The van der Waals surface area contributed by atoms with E-state index in [-0.39, 0.29) is 0 Å². The highest BCUT2D eigenvalue weighted by atomic mass is 16.5. The summed E-state index contributed by atoms with van der Waals surface area (Å²) in [5.41, 5.74) is 2.75. The van der Waals surface area contributed by atoms with Gasteiger partial charge in [-0.1, -0.05) is 24.3 Å². The summed E-state index contributed by atoms with van der Waals surface area (Å²) in [6.45, 7) is 0. The minimum Gasteiger partial charge on any atom is -0.497 e. The van der Waals surface area contributed by atoms with E-state index in [1.54, 1.807) is 7.11 Å². The van der Waals surface area contributed by atoms with Gasteiger partial charge in [-0.3, -0.25) is 0 Å². The van der Waals surface area contributed by atoms with Crippen LogP contribution in [-0.4, -0.2) is 12.1 Å². The zero-order valence-electron chi connectivity index (χ0n) is 10.5. The lowest BCUT2D eigenvalue weighted by atomic mass is 10.2. The topological polar surface area (TPSA) is 35.3 Å². The van der Waals surface area contributed by atoms with Crippen LogP contribution in [-0.2, 0) is 0 Å². The van der Waals surface area contributed by atoms with Crippen LogP contribution < -0.4 is 4.74 Å². The van der Waals surface area contributed by atoms with Crippen LogP contribution in [0.25, 0.3) is 23.3 Å². The smallest absolute Gasteiger partial charge is 0.220 e. The molecule has 0 bridgehead atoms. The summed E-state index contributed by atoms with van der Waals surface area (Å²) in [6.07, 6.45) is 3.83. The van der Waals surface area contributed by atoms with Gasteiger partial charge in [0.15, 0.2) is 5.58 Å². The highest BCUT2D eigenvalue weighted by molar-refractivity contribution is 5.75. The molecule has 0 atom stereocenters. The van der Waals surface area contributed by atoms with Gasteiger partial charge in [0.25, 0.3) is 0 Å². The van der Waals surface area contributed by atoms with Crippen molar-refractivity contribution < 1.29 is 9.15 Å². The van der Waals surface area contributed by atoms with Crippen LogP contribution in [0.2, 0.25) is 0 Å². The Hall–Kier alpha value is -2.55. The first-order chi connectivity index (χ1) is 9.35. The van der Waals surface area contributed by atoms with E-state index in [9.17, 15) is 0 Å². The number of aromatic nitrogens is 1. The van der Waals surface area contributed by atoms with Crippen molar-refractivity contribution in [2.45, 2.75) is 0 Å². The van der Waals surface area contributed by atoms with Gasteiger partial charge in [0.1, 0.15) is 11.3 Å². The van der Waals surface area contributed by atoms with Crippen molar-refractivity contribution in [3.05, 3.63) is 60.0 Å². The molecule has 3 rings (SSSR count). The Balaban J connectivity index is 1.84. The maximum Gasteiger partial charge on any atom is 0.220 e. The molecule has 3 nitrogen and oxygen atoms in total. The minimum atomic E-state index is 0.608. The second kappa shape index (κ2) is 4.98. The Morgan fingerprint density at radius 2 is 1.79 bits per heavy atom. The summed E-state index contributed by atoms with van der Waals surface area (Å²) >= 11 is 0. The largest absolute Gasteiger partial charge is 0.497 e. The highest BCUT2D eigenvalue weighted by Crippen LogP contribution is 2.17. The van der Waals surface area contributed by atoms with Crippen molar-refractivity contribution >= 4 is 23.3 Å². The number of ether oxygens (including phenoxy) is 1. The number of benzene rings is 2. The van der Waals surface area contributed by atoms with Gasteiger partial charge >= 0.3 is 0 Å². The molecule has 0 spiro atoms. The van der Waals surface area contributed by atoms with Crippen molar-refractivity contribution in [2.24, 2.45) is 0 Å². The lowest BCUT2D eigenvalue weighted by Crippen LogP contribution is -1.81. The molecule has 3 aromatic rings. The fourth-order valence-electron chi connectivity index (χ4n) is 1.84. The molecule has 1 heterocycles. The monoisotopic (exact) mass is 251 g/mol. The zero-order valence-corrected chi connectivity index (χ0v) is 10.5. The Kier molecular flexibility index (Phi) is 3.02. The fourth-order valence-corrected chi connectivity index (χ4v) is 1.84. The molecule has 0 aliphatic rings. The molecule has 0 aliphatic heterocycles. The number of hydrogen-bond donors (Lipinski definition) is 0. The first-order valence-corrected chi connectivity index (χ1v) is 6.03. The van der Waals surface area contributed by atoms with Crippen molar-refractivity contribution in [2.75, 3.05) is 7.11 Å². The second-order valence-corrected chi connectivity index (χ2v) is 4.13. The van der Waals surface area contributed by atoms with Crippen LogP contribution >= 0.6 is 0 Å². The van der Waals surface area contributed by atoms with Crippen molar-refractivity contribution in [3.63, 3.8) is 0 Å². The molecule has 0 fully saturated rings. The zero-order chi connectivity index (χ0) is 13.1. The predicted octanol–water partition coefficient (Wildman–Crippen LogP) is 4.01. The normalized spacial score (nSPS) is 11.2. The lowest BCUT2D eigenvalue weighted by molar-refractivity contribution is 0.415. The summed E-state index contributed by atoms with van der Waals surface area (Å²) in [6, 6.07) is 15.5. The number of rotatable bonds is 3. The van der Waals surface area contributed by atoms with Gasteiger partial charge in [-0.25, -0.2) is 4.98 Å². The molecule has 0 unspecified atom stereocenters. The van der Waals surface area contributed by atoms with Crippen molar-refractivity contribution in [3.8, 4) is 5.75 Å². The summed E-state index contributed by atoms with van der Waals surface area (Å²) in [5.74, 6) is 1.45. The molecule has 94 valence electrons. The molecular weight excluding hydrogens is 238 g/mol. The predicted molar refractivity (Wildman–Crippen MR) is 75.9 cm³/mol. The number of methoxy groups -OCH3 is 1. The van der Waals surface area contributed by atoms with Crippen LogP contribution in [0.4, 0.5) is 0 Å². The van der Waals surface area contributed by atoms with E-state index in [1.807, 2.05) is 60.7 Å². The SMILES string of the molecule is COc1ccc(/C=C/c2nc3ccccc3o2)cc1. The lowest BCUT2D eigenvalue weighted by Gasteiger charge is -1.98. The third-order valence-electron chi connectivity index (χ3n) is 2.84. The first kappa shape index (κ1) is 11.5. The van der Waals surface area contributed by atoms with Crippen LogP contribution in [0, 0.1) is 0 Å². The molecule has 0 N–H and O–H groups in total. The van der Waals surface area contributed by atoms with Gasteiger partial charge in [0.05, 0.1) is 7.11 Å². The summed E-state index contributed by atoms with van der Waals surface area (Å²) in [7, 11) is 1.66. The molecule has 0 amide bonds. The molecule has 0 saturated carbocycles. The number of para-hydroxylation sites is 2. The van der Waals surface area contributed by atoms with E-state index >= 15 is 0 Å². The van der Waals surface area contributed by atoms with Gasteiger partial charge in [0, 0.05) is 6.08 Å². The van der Waals surface area contributed by atoms with Gasteiger partial charge in [-0.05, 0) is 35.9 Å². The maximum absolute atomic E-state index is 5.61. The Morgan fingerprint density at radius 3 is 2.53 bits per heavy atom. The Bertz CT molecular complexity index is 678. The van der Waals surface area contributed by atoms with Gasteiger partial charge in [-0.15, -0.1) is 0 Å². The fraction of sp³-hybridized carbons (Fsp3) is 0.0625. The number of fused-ring (bicyclic) bond motifs is 1. The average molecular weight is 251 g/mol. The average Bonchev–Trinajstić information content (AvgIpc) is 2.88. The molecule has 2 aromatic carbocycles. The third-order valence-corrected chi connectivity index (χ3v) is 2.84. The van der Waals surface area contributed by atoms with E-state index in [1.165, 1.54) is 0 Å². The maximum atomic E-state index is 5.61. The van der Waals surface area contributed by atoms with E-state index in [0.717, 1.165) is 22.4 Å². The number of oxazole rings is 1. The van der Waals surface area contributed by atoms with Crippen LogP contribution in [0.3, 0.4) is 0 Å². The molecule has 1 aromatic heterocycles. The van der Waals surface area contributed by atoms with Gasteiger partial charge in [-0.2, -0.15) is 0 Å². The second-order valence-electron chi connectivity index (χ2n) is 4.13. The molecule has 19 heavy (non-hydrogen) atoms. The first-order valence-electron chi connectivity index (χ1n) is 6.03. The van der Waals surface area contributed by atoms with Gasteiger partial charge in [0.2, 0.25) is 5.89 Å². The number of hydrogen-bond acceptors (Lipinski definition) is 3. The van der Waals surface area contributed by atoms with E-state index < -0.39 is 0 Å². The molecule has 0 saturated heterocycles. The van der Waals surface area contributed by atoms with Crippen LogP contribution in [0.5, 0.6) is 5.75 Å². The third kappa shape index (κ3) is 2.50.